The average Bonchev–Trinajstić information content (AvgIpc) is 3.03. The molecule has 3 rings (SSSR count). The first-order valence-corrected chi connectivity index (χ1v) is 7.49. The Morgan fingerprint density at radius 1 is 1.09 bits per heavy atom. The lowest BCUT2D eigenvalue weighted by Gasteiger charge is -2.06. The molecule has 0 aliphatic rings. The summed E-state index contributed by atoms with van der Waals surface area (Å²) < 4.78 is 5.27. The minimum absolute atomic E-state index is 0.191. The topological polar surface area (TPSA) is 55.1 Å². The van der Waals surface area contributed by atoms with Gasteiger partial charge in [0.15, 0.2) is 5.76 Å². The molecule has 2 aromatic carbocycles. The number of nitrogens with one attached hydrogen (secondary N) is 1. The van der Waals surface area contributed by atoms with Crippen LogP contribution in [0.4, 0.5) is 0 Å². The van der Waals surface area contributed by atoms with Gasteiger partial charge in [-0.2, -0.15) is 0 Å². The van der Waals surface area contributed by atoms with Crippen LogP contribution in [0.15, 0.2) is 59.3 Å². The normalized spacial score (nSPS) is 10.5. The van der Waals surface area contributed by atoms with E-state index in [1.165, 1.54) is 11.8 Å². The Bertz CT molecular complexity index is 819. The Balaban J connectivity index is 1.76. The fourth-order valence-electron chi connectivity index (χ4n) is 2.41. The second-order valence-corrected chi connectivity index (χ2v) is 5.61. The van der Waals surface area contributed by atoms with Crippen molar-refractivity contribution in [2.75, 3.05) is 0 Å². The number of rotatable bonds is 4. The van der Waals surface area contributed by atoms with Gasteiger partial charge < -0.3 is 9.84 Å². The summed E-state index contributed by atoms with van der Waals surface area (Å²) in [4.78, 5) is 12.4. The molecule has 4 heteroatoms. The maximum atomic E-state index is 12.4. The Morgan fingerprint density at radius 3 is 2.61 bits per heavy atom. The number of amides is 1. The summed E-state index contributed by atoms with van der Waals surface area (Å²) in [5, 5.41) is 6.69. The van der Waals surface area contributed by atoms with Gasteiger partial charge in [-0.25, -0.2) is 0 Å². The molecular weight excluding hydrogens is 288 g/mol. The van der Waals surface area contributed by atoms with E-state index < -0.39 is 0 Å². The number of aromatic nitrogens is 1. The number of carbonyl (C=O) groups is 1. The number of aryl methyl sites for hydroxylation is 2. The lowest BCUT2D eigenvalue weighted by Crippen LogP contribution is -2.22. The van der Waals surface area contributed by atoms with Crippen LogP contribution in [-0.2, 0) is 6.54 Å². The second-order valence-electron chi connectivity index (χ2n) is 5.61. The van der Waals surface area contributed by atoms with E-state index in [0.29, 0.717) is 17.9 Å². The van der Waals surface area contributed by atoms with Crippen LogP contribution in [0.2, 0.25) is 0 Å². The first kappa shape index (κ1) is 15.0. The molecule has 0 aliphatic heterocycles. The molecule has 23 heavy (non-hydrogen) atoms. The van der Waals surface area contributed by atoms with Crippen molar-refractivity contribution in [1.82, 2.24) is 10.5 Å². The summed E-state index contributed by atoms with van der Waals surface area (Å²) >= 11 is 0. The third-order valence-electron chi connectivity index (χ3n) is 3.66. The molecule has 0 radical (unpaired) electrons. The van der Waals surface area contributed by atoms with E-state index in [1.807, 2.05) is 56.3 Å². The summed E-state index contributed by atoms with van der Waals surface area (Å²) in [6.07, 6.45) is 1.46. The maximum absolute atomic E-state index is 12.4. The molecule has 116 valence electrons. The lowest BCUT2D eigenvalue weighted by molar-refractivity contribution is 0.0951. The first-order valence-electron chi connectivity index (χ1n) is 7.49. The van der Waals surface area contributed by atoms with Gasteiger partial charge in [-0.3, -0.25) is 4.79 Å². The van der Waals surface area contributed by atoms with Crippen molar-refractivity contribution < 1.29 is 9.32 Å². The van der Waals surface area contributed by atoms with Gasteiger partial charge >= 0.3 is 0 Å². The van der Waals surface area contributed by atoms with Crippen molar-refractivity contribution in [2.45, 2.75) is 20.4 Å². The molecule has 0 unspecified atom stereocenters. The molecule has 0 saturated heterocycles. The van der Waals surface area contributed by atoms with E-state index in [2.05, 4.69) is 16.5 Å². The third-order valence-corrected chi connectivity index (χ3v) is 3.66. The maximum Gasteiger partial charge on any atom is 0.257 e. The molecule has 1 heterocycles. The highest BCUT2D eigenvalue weighted by molar-refractivity contribution is 5.99. The van der Waals surface area contributed by atoms with Crippen LogP contribution < -0.4 is 5.32 Å². The van der Waals surface area contributed by atoms with Crippen LogP contribution in [0.3, 0.4) is 0 Å². The van der Waals surface area contributed by atoms with E-state index in [0.717, 1.165) is 16.7 Å². The highest BCUT2D eigenvalue weighted by Gasteiger charge is 2.17. The fraction of sp³-hybridized carbons (Fsp3) is 0.158. The molecule has 0 aliphatic carbocycles. The van der Waals surface area contributed by atoms with E-state index in [-0.39, 0.29) is 5.91 Å². The molecule has 1 aromatic heterocycles. The number of hydrogen-bond acceptors (Lipinski definition) is 3. The number of benzene rings is 2. The van der Waals surface area contributed by atoms with Crippen LogP contribution in [0.1, 0.15) is 27.0 Å². The summed E-state index contributed by atoms with van der Waals surface area (Å²) in [5.41, 5.74) is 4.67. The zero-order chi connectivity index (χ0) is 16.2. The number of carbonyl (C=O) groups excluding carboxylic acids is 1. The van der Waals surface area contributed by atoms with E-state index >= 15 is 0 Å². The Labute approximate surface area is 135 Å². The third kappa shape index (κ3) is 3.48. The molecule has 0 saturated carbocycles. The number of hydrogen-bond donors (Lipinski definition) is 1. The van der Waals surface area contributed by atoms with E-state index in [1.54, 1.807) is 0 Å². The lowest BCUT2D eigenvalue weighted by atomic mass is 10.1. The van der Waals surface area contributed by atoms with Gasteiger partial charge in [-0.15, -0.1) is 0 Å². The van der Waals surface area contributed by atoms with Crippen molar-refractivity contribution in [2.24, 2.45) is 0 Å². The van der Waals surface area contributed by atoms with E-state index in [9.17, 15) is 4.79 Å². The van der Waals surface area contributed by atoms with Gasteiger partial charge in [0.05, 0.1) is 6.20 Å². The quantitative estimate of drug-likeness (QED) is 0.795. The van der Waals surface area contributed by atoms with Crippen molar-refractivity contribution in [3.05, 3.63) is 77.0 Å². The van der Waals surface area contributed by atoms with Crippen LogP contribution in [-0.4, -0.2) is 11.1 Å². The zero-order valence-corrected chi connectivity index (χ0v) is 13.2. The van der Waals surface area contributed by atoms with Crippen LogP contribution in [0.5, 0.6) is 0 Å². The molecule has 4 nitrogen and oxygen atoms in total. The Hall–Kier alpha value is -2.88. The van der Waals surface area contributed by atoms with Gasteiger partial charge in [-0.05, 0) is 19.4 Å². The largest absolute Gasteiger partial charge is 0.355 e. The molecule has 3 aromatic rings. The minimum atomic E-state index is -0.191. The van der Waals surface area contributed by atoms with Crippen molar-refractivity contribution in [1.29, 1.82) is 0 Å². The van der Waals surface area contributed by atoms with Gasteiger partial charge in [0.1, 0.15) is 5.56 Å². The van der Waals surface area contributed by atoms with Gasteiger partial charge in [0, 0.05) is 12.1 Å². The monoisotopic (exact) mass is 306 g/mol. The molecule has 0 spiro atoms. The molecule has 0 atom stereocenters. The predicted molar refractivity (Wildman–Crippen MR) is 89.0 cm³/mol. The van der Waals surface area contributed by atoms with E-state index in [4.69, 9.17) is 4.52 Å². The summed E-state index contributed by atoms with van der Waals surface area (Å²) in [6, 6.07) is 15.9. The molecule has 0 fully saturated rings. The van der Waals surface area contributed by atoms with Crippen LogP contribution in [0.25, 0.3) is 11.3 Å². The van der Waals surface area contributed by atoms with Crippen molar-refractivity contribution in [3.8, 4) is 11.3 Å². The highest BCUT2D eigenvalue weighted by atomic mass is 16.5. The summed E-state index contributed by atoms with van der Waals surface area (Å²) in [5.74, 6) is 0.301. The fourth-order valence-corrected chi connectivity index (χ4v) is 2.41. The van der Waals surface area contributed by atoms with Gasteiger partial charge in [0.2, 0.25) is 0 Å². The van der Waals surface area contributed by atoms with Crippen LogP contribution >= 0.6 is 0 Å². The van der Waals surface area contributed by atoms with Gasteiger partial charge in [-0.1, -0.05) is 64.8 Å². The highest BCUT2D eigenvalue weighted by Crippen LogP contribution is 2.23. The summed E-state index contributed by atoms with van der Waals surface area (Å²) in [7, 11) is 0. The molecule has 1 amide bonds. The summed E-state index contributed by atoms with van der Waals surface area (Å²) in [6.45, 7) is 4.51. The first-order chi connectivity index (χ1) is 11.1. The van der Waals surface area contributed by atoms with Crippen LogP contribution in [0, 0.1) is 13.8 Å². The average molecular weight is 306 g/mol. The SMILES string of the molecule is Cc1ccc(-c2oncc2C(=O)NCc2cccc(C)c2)cc1. The smallest absolute Gasteiger partial charge is 0.257 e. The Morgan fingerprint density at radius 2 is 1.87 bits per heavy atom. The molecular formula is C19H18N2O2. The Kier molecular flexibility index (Phi) is 4.24. The molecule has 1 N–H and O–H groups in total. The van der Waals surface area contributed by atoms with Crippen molar-refractivity contribution >= 4 is 5.91 Å². The standard InChI is InChI=1S/C19H18N2O2/c1-13-6-8-16(9-7-13)18-17(12-21-23-18)19(22)20-11-15-5-3-4-14(2)10-15/h3-10,12H,11H2,1-2H3,(H,20,22). The zero-order valence-electron chi connectivity index (χ0n) is 13.2. The number of nitrogens with zero attached hydrogens (tertiary/aromatic N) is 1. The van der Waals surface area contributed by atoms with Gasteiger partial charge in [0.25, 0.3) is 5.91 Å². The minimum Gasteiger partial charge on any atom is -0.355 e. The predicted octanol–water partition coefficient (Wildman–Crippen LogP) is 3.89. The molecule has 0 bridgehead atoms. The van der Waals surface area contributed by atoms with Crippen molar-refractivity contribution in [3.63, 3.8) is 0 Å². The second kappa shape index (κ2) is 6.48.